The molecular weight excluding hydrogens is 468 g/mol. The summed E-state index contributed by atoms with van der Waals surface area (Å²) in [7, 11) is 2.56. The minimum Gasteiger partial charge on any atom is -0.504 e. The smallest absolute Gasteiger partial charge is 0.229 e. The maximum Gasteiger partial charge on any atom is 0.229 e. The van der Waals surface area contributed by atoms with Crippen LogP contribution in [-0.2, 0) is 4.74 Å². The number of phenolic OH excluding ortho intramolecular Hbond substituents is 2. The summed E-state index contributed by atoms with van der Waals surface area (Å²) in [4.78, 5) is 13.2. The Bertz CT molecular complexity index is 1280. The Morgan fingerprint density at radius 2 is 1.71 bits per heavy atom. The summed E-state index contributed by atoms with van der Waals surface area (Å²) < 4.78 is 26.7. The third-order valence-electron chi connectivity index (χ3n) is 5.74. The standard InChI is InChI=1S/C23H24O12/c1-31-13-5-9(3-4-12(13)34-23-21(30)20(29)18(27)15(7-24)35-23)10-8-33-14-6-11(25)22(32-2)19(28)16(14)17(10)26/h3-6,8,15,18,20-21,23-25,27-30H,7H2,1-2H3/t15-,18-,20+,21-,23-/m0/s1. The monoisotopic (exact) mass is 492 g/mol. The van der Waals surface area contributed by atoms with Gasteiger partial charge in [-0.05, 0) is 17.7 Å². The van der Waals surface area contributed by atoms with Crippen LogP contribution in [0.15, 0.2) is 39.7 Å². The molecule has 4 rings (SSSR count). The van der Waals surface area contributed by atoms with Gasteiger partial charge < -0.3 is 54.0 Å². The third kappa shape index (κ3) is 4.22. The van der Waals surface area contributed by atoms with Crippen molar-refractivity contribution in [1.82, 2.24) is 0 Å². The van der Waals surface area contributed by atoms with E-state index in [1.807, 2.05) is 0 Å². The van der Waals surface area contributed by atoms with E-state index in [9.17, 15) is 35.4 Å². The van der Waals surface area contributed by atoms with Gasteiger partial charge in [-0.15, -0.1) is 0 Å². The summed E-state index contributed by atoms with van der Waals surface area (Å²) in [5.74, 6) is -1.06. The van der Waals surface area contributed by atoms with Gasteiger partial charge in [-0.25, -0.2) is 0 Å². The molecule has 6 N–H and O–H groups in total. The lowest BCUT2D eigenvalue weighted by Crippen LogP contribution is -2.60. The Balaban J connectivity index is 1.71. The molecule has 2 aromatic carbocycles. The van der Waals surface area contributed by atoms with E-state index in [0.29, 0.717) is 5.56 Å². The van der Waals surface area contributed by atoms with Crippen molar-refractivity contribution in [3.8, 4) is 39.9 Å². The van der Waals surface area contributed by atoms with E-state index in [1.165, 1.54) is 32.4 Å². The molecule has 1 saturated heterocycles. The number of benzene rings is 2. The molecule has 0 aliphatic carbocycles. The molecular formula is C23H24O12. The van der Waals surface area contributed by atoms with Crippen LogP contribution in [0.4, 0.5) is 0 Å². The average molecular weight is 492 g/mol. The molecule has 2 heterocycles. The average Bonchev–Trinajstić information content (AvgIpc) is 2.84. The first-order chi connectivity index (χ1) is 16.7. The molecule has 12 heteroatoms. The van der Waals surface area contributed by atoms with E-state index in [1.54, 1.807) is 0 Å². The van der Waals surface area contributed by atoms with Crippen molar-refractivity contribution in [2.24, 2.45) is 0 Å². The van der Waals surface area contributed by atoms with E-state index in [4.69, 9.17) is 23.4 Å². The molecule has 12 nitrogen and oxygen atoms in total. The Labute approximate surface area is 197 Å². The number of aromatic hydroxyl groups is 2. The molecule has 0 unspecified atom stereocenters. The minimum atomic E-state index is -1.63. The fourth-order valence-corrected chi connectivity index (χ4v) is 3.86. The summed E-state index contributed by atoms with van der Waals surface area (Å²) in [5, 5.41) is 59.6. The number of phenols is 2. The van der Waals surface area contributed by atoms with Crippen LogP contribution in [0, 0.1) is 0 Å². The molecule has 1 fully saturated rings. The highest BCUT2D eigenvalue weighted by atomic mass is 16.7. The van der Waals surface area contributed by atoms with Gasteiger partial charge in [0.15, 0.2) is 23.0 Å². The van der Waals surface area contributed by atoms with Gasteiger partial charge in [-0.2, -0.15) is 0 Å². The van der Waals surface area contributed by atoms with Gasteiger partial charge in [0, 0.05) is 6.07 Å². The molecule has 0 bridgehead atoms. The zero-order chi connectivity index (χ0) is 25.4. The number of hydrogen-bond acceptors (Lipinski definition) is 12. The lowest BCUT2D eigenvalue weighted by Gasteiger charge is -2.39. The largest absolute Gasteiger partial charge is 0.504 e. The van der Waals surface area contributed by atoms with E-state index >= 15 is 0 Å². The maximum atomic E-state index is 13.2. The van der Waals surface area contributed by atoms with Crippen LogP contribution in [0.2, 0.25) is 0 Å². The summed E-state index contributed by atoms with van der Waals surface area (Å²) in [5.41, 5.74) is -0.279. The SMILES string of the molecule is COc1cc(-c2coc3cc(O)c(OC)c(O)c3c2=O)ccc1O[C@H]1O[C@@H](CO)[C@H](O)[C@@H](O)[C@@H]1O. The molecule has 1 aliphatic rings. The van der Waals surface area contributed by atoms with E-state index < -0.39 is 54.2 Å². The van der Waals surface area contributed by atoms with Crippen molar-refractivity contribution in [2.45, 2.75) is 30.7 Å². The Morgan fingerprint density at radius 3 is 2.37 bits per heavy atom. The lowest BCUT2D eigenvalue weighted by molar-refractivity contribution is -0.277. The Hall–Kier alpha value is -3.55. The van der Waals surface area contributed by atoms with Crippen LogP contribution in [0.5, 0.6) is 28.7 Å². The van der Waals surface area contributed by atoms with Crippen LogP contribution in [0.1, 0.15) is 0 Å². The Morgan fingerprint density at radius 1 is 0.971 bits per heavy atom. The molecule has 188 valence electrons. The van der Waals surface area contributed by atoms with Gasteiger partial charge in [0.05, 0.1) is 26.4 Å². The van der Waals surface area contributed by atoms with Gasteiger partial charge in [0.1, 0.15) is 41.6 Å². The summed E-state index contributed by atoms with van der Waals surface area (Å²) in [6.07, 6.45) is -6.23. The van der Waals surface area contributed by atoms with E-state index in [2.05, 4.69) is 0 Å². The molecule has 35 heavy (non-hydrogen) atoms. The number of hydrogen-bond donors (Lipinski definition) is 6. The highest BCUT2D eigenvalue weighted by Gasteiger charge is 2.45. The van der Waals surface area contributed by atoms with Crippen molar-refractivity contribution in [3.05, 3.63) is 40.8 Å². The Kier molecular flexibility index (Phi) is 6.74. The molecule has 5 atom stereocenters. The predicted octanol–water partition coefficient (Wildman–Crippen LogP) is 0.0671. The normalized spacial score (nSPS) is 24.3. The maximum absolute atomic E-state index is 13.2. The third-order valence-corrected chi connectivity index (χ3v) is 5.74. The molecule has 0 amide bonds. The number of methoxy groups -OCH3 is 2. The van der Waals surface area contributed by atoms with Gasteiger partial charge in [0.25, 0.3) is 0 Å². The number of aliphatic hydroxyl groups is 4. The highest BCUT2D eigenvalue weighted by molar-refractivity contribution is 5.91. The van der Waals surface area contributed by atoms with Crippen molar-refractivity contribution < 1.29 is 54.0 Å². The van der Waals surface area contributed by atoms with Crippen LogP contribution in [0.3, 0.4) is 0 Å². The topological polar surface area (TPSA) is 189 Å². The molecule has 0 spiro atoms. The number of ether oxygens (including phenoxy) is 4. The van der Waals surface area contributed by atoms with Crippen molar-refractivity contribution in [1.29, 1.82) is 0 Å². The van der Waals surface area contributed by atoms with Gasteiger partial charge in [-0.1, -0.05) is 6.07 Å². The van der Waals surface area contributed by atoms with E-state index in [0.717, 1.165) is 12.3 Å². The second kappa shape index (κ2) is 9.60. The molecule has 1 aromatic heterocycles. The second-order valence-electron chi connectivity index (χ2n) is 7.81. The van der Waals surface area contributed by atoms with Gasteiger partial charge in [0.2, 0.25) is 17.5 Å². The van der Waals surface area contributed by atoms with Crippen LogP contribution >= 0.6 is 0 Å². The highest BCUT2D eigenvalue weighted by Crippen LogP contribution is 2.41. The zero-order valence-corrected chi connectivity index (χ0v) is 18.6. The van der Waals surface area contributed by atoms with Crippen molar-refractivity contribution in [2.75, 3.05) is 20.8 Å². The second-order valence-corrected chi connectivity index (χ2v) is 7.81. The van der Waals surface area contributed by atoms with Crippen molar-refractivity contribution >= 4 is 11.0 Å². The summed E-state index contributed by atoms with van der Waals surface area (Å²) in [6, 6.07) is 5.48. The number of aliphatic hydroxyl groups excluding tert-OH is 4. The van der Waals surface area contributed by atoms with E-state index in [-0.39, 0.29) is 33.8 Å². The molecule has 0 saturated carbocycles. The van der Waals surface area contributed by atoms with Crippen LogP contribution in [-0.4, -0.2) is 82.2 Å². The van der Waals surface area contributed by atoms with Crippen molar-refractivity contribution in [3.63, 3.8) is 0 Å². The van der Waals surface area contributed by atoms with Gasteiger partial charge in [-0.3, -0.25) is 4.79 Å². The zero-order valence-electron chi connectivity index (χ0n) is 18.6. The predicted molar refractivity (Wildman–Crippen MR) is 119 cm³/mol. The number of fused-ring (bicyclic) bond motifs is 1. The molecule has 0 radical (unpaired) electrons. The first-order valence-corrected chi connectivity index (χ1v) is 10.4. The first-order valence-electron chi connectivity index (χ1n) is 10.4. The molecule has 1 aliphatic heterocycles. The van der Waals surface area contributed by atoms with Crippen LogP contribution in [0.25, 0.3) is 22.1 Å². The summed E-state index contributed by atoms with van der Waals surface area (Å²) >= 11 is 0. The van der Waals surface area contributed by atoms with Crippen LogP contribution < -0.4 is 19.6 Å². The van der Waals surface area contributed by atoms with Gasteiger partial charge >= 0.3 is 0 Å². The quantitative estimate of drug-likeness (QED) is 0.272. The summed E-state index contributed by atoms with van der Waals surface area (Å²) in [6.45, 7) is -0.617. The first kappa shape index (κ1) is 24.6. The lowest BCUT2D eigenvalue weighted by atomic mass is 9.99. The fourth-order valence-electron chi connectivity index (χ4n) is 3.86. The minimum absolute atomic E-state index is 0.0518. The number of rotatable bonds is 6. The molecule has 3 aromatic rings. The fraction of sp³-hybridized carbons (Fsp3) is 0.348.